The highest BCUT2D eigenvalue weighted by Crippen LogP contribution is 1.95. The second-order valence-corrected chi connectivity index (χ2v) is 2.96. The van der Waals surface area contributed by atoms with E-state index in [4.69, 9.17) is 9.47 Å². The van der Waals surface area contributed by atoms with E-state index in [1.807, 2.05) is 0 Å². The van der Waals surface area contributed by atoms with Crippen molar-refractivity contribution in [3.8, 4) is 0 Å². The second-order valence-electron chi connectivity index (χ2n) is 2.96. The summed E-state index contributed by atoms with van der Waals surface area (Å²) in [5.74, 6) is -0.875. The van der Waals surface area contributed by atoms with E-state index in [-0.39, 0.29) is 13.2 Å². The highest BCUT2D eigenvalue weighted by Gasteiger charge is 2.06. The molecule has 86 valence electrons. The summed E-state index contributed by atoms with van der Waals surface area (Å²) in [5.41, 5.74) is 0.336. The third-order valence-electron chi connectivity index (χ3n) is 1.35. The SMILES string of the molecule is C=C(C)C(=O)OCCOC(C)OC(C)=O. The lowest BCUT2D eigenvalue weighted by Gasteiger charge is -2.12. The molecule has 1 unspecified atom stereocenters. The van der Waals surface area contributed by atoms with Crippen molar-refractivity contribution in [2.45, 2.75) is 27.1 Å². The molecule has 15 heavy (non-hydrogen) atoms. The van der Waals surface area contributed by atoms with Gasteiger partial charge in [-0.25, -0.2) is 4.79 Å². The van der Waals surface area contributed by atoms with Gasteiger partial charge in [-0.15, -0.1) is 0 Å². The van der Waals surface area contributed by atoms with Crippen LogP contribution in [0.15, 0.2) is 12.2 Å². The van der Waals surface area contributed by atoms with E-state index in [1.165, 1.54) is 6.92 Å². The number of ether oxygens (including phenoxy) is 3. The Kier molecular flexibility index (Phi) is 6.37. The fourth-order valence-electron chi connectivity index (χ4n) is 0.739. The predicted molar refractivity (Wildman–Crippen MR) is 53.0 cm³/mol. The number of hydrogen-bond acceptors (Lipinski definition) is 5. The first-order chi connectivity index (χ1) is 6.93. The van der Waals surface area contributed by atoms with Gasteiger partial charge in [0.2, 0.25) is 0 Å². The van der Waals surface area contributed by atoms with E-state index in [2.05, 4.69) is 11.3 Å². The molecule has 0 aromatic carbocycles. The molecule has 0 aromatic rings. The quantitative estimate of drug-likeness (QED) is 0.287. The van der Waals surface area contributed by atoms with Crippen LogP contribution in [-0.4, -0.2) is 31.4 Å². The van der Waals surface area contributed by atoms with Gasteiger partial charge in [-0.1, -0.05) is 6.58 Å². The highest BCUT2D eigenvalue weighted by molar-refractivity contribution is 5.86. The normalized spacial score (nSPS) is 11.7. The Labute approximate surface area is 89.0 Å². The topological polar surface area (TPSA) is 61.8 Å². The molecule has 5 heteroatoms. The van der Waals surface area contributed by atoms with Crippen molar-refractivity contribution in [1.29, 1.82) is 0 Å². The minimum Gasteiger partial charge on any atom is -0.460 e. The van der Waals surface area contributed by atoms with E-state index in [9.17, 15) is 9.59 Å². The number of esters is 2. The van der Waals surface area contributed by atoms with Crippen LogP contribution >= 0.6 is 0 Å². The molecular formula is C10H16O5. The van der Waals surface area contributed by atoms with Gasteiger partial charge in [-0.2, -0.15) is 0 Å². The Bertz CT molecular complexity index is 246. The average Bonchev–Trinajstić information content (AvgIpc) is 2.10. The van der Waals surface area contributed by atoms with Crippen molar-refractivity contribution in [3.05, 3.63) is 12.2 Å². The van der Waals surface area contributed by atoms with Gasteiger partial charge in [0.25, 0.3) is 0 Å². The zero-order valence-electron chi connectivity index (χ0n) is 9.24. The molecule has 0 spiro atoms. The van der Waals surface area contributed by atoms with E-state index >= 15 is 0 Å². The third-order valence-corrected chi connectivity index (χ3v) is 1.35. The van der Waals surface area contributed by atoms with Gasteiger partial charge in [0, 0.05) is 12.5 Å². The molecule has 0 rings (SSSR count). The van der Waals surface area contributed by atoms with E-state index in [1.54, 1.807) is 13.8 Å². The third kappa shape index (κ3) is 7.69. The minimum atomic E-state index is -0.633. The van der Waals surface area contributed by atoms with Gasteiger partial charge in [-0.3, -0.25) is 4.79 Å². The molecule has 0 aliphatic rings. The highest BCUT2D eigenvalue weighted by atomic mass is 16.7. The monoisotopic (exact) mass is 216 g/mol. The lowest BCUT2D eigenvalue weighted by Crippen LogP contribution is -2.19. The first-order valence-corrected chi connectivity index (χ1v) is 4.55. The van der Waals surface area contributed by atoms with Gasteiger partial charge >= 0.3 is 11.9 Å². The van der Waals surface area contributed by atoms with Gasteiger partial charge in [0.15, 0.2) is 6.29 Å². The van der Waals surface area contributed by atoms with Crippen LogP contribution < -0.4 is 0 Å². The molecule has 0 aromatic heterocycles. The molecule has 0 saturated carbocycles. The van der Waals surface area contributed by atoms with Crippen LogP contribution in [0.3, 0.4) is 0 Å². The first-order valence-electron chi connectivity index (χ1n) is 4.55. The van der Waals surface area contributed by atoms with Gasteiger partial charge < -0.3 is 14.2 Å². The molecule has 0 radical (unpaired) electrons. The standard InChI is InChI=1S/C10H16O5/c1-7(2)10(12)14-6-5-13-9(4)15-8(3)11/h9H,1,5-6H2,2-4H3. The van der Waals surface area contributed by atoms with Crippen LogP contribution in [-0.2, 0) is 23.8 Å². The maximum absolute atomic E-state index is 10.9. The molecule has 0 aliphatic heterocycles. The summed E-state index contributed by atoms with van der Waals surface area (Å²) in [7, 11) is 0. The Hall–Kier alpha value is -1.36. The maximum atomic E-state index is 10.9. The lowest BCUT2D eigenvalue weighted by atomic mass is 10.4. The molecule has 0 fully saturated rings. The molecule has 1 atom stereocenters. The summed E-state index contributed by atoms with van der Waals surface area (Å²) in [6, 6.07) is 0. The van der Waals surface area contributed by atoms with Crippen LogP contribution in [0.2, 0.25) is 0 Å². The van der Waals surface area contributed by atoms with Crippen molar-refractivity contribution in [2.24, 2.45) is 0 Å². The summed E-state index contributed by atoms with van der Waals surface area (Å²) in [6.07, 6.45) is -0.633. The Morgan fingerprint density at radius 3 is 2.33 bits per heavy atom. The van der Waals surface area contributed by atoms with Gasteiger partial charge in [0.05, 0.1) is 6.61 Å². The van der Waals surface area contributed by atoms with Crippen LogP contribution in [0, 0.1) is 0 Å². The molecular weight excluding hydrogens is 200 g/mol. The Balaban J connectivity index is 3.50. The number of rotatable bonds is 6. The smallest absolute Gasteiger partial charge is 0.333 e. The largest absolute Gasteiger partial charge is 0.460 e. The van der Waals surface area contributed by atoms with Crippen LogP contribution in [0.4, 0.5) is 0 Å². The van der Waals surface area contributed by atoms with Gasteiger partial charge in [-0.05, 0) is 13.8 Å². The van der Waals surface area contributed by atoms with E-state index < -0.39 is 18.2 Å². The summed E-state index contributed by atoms with van der Waals surface area (Å²) >= 11 is 0. The summed E-state index contributed by atoms with van der Waals surface area (Å²) in [6.45, 7) is 8.14. The van der Waals surface area contributed by atoms with Crippen LogP contribution in [0.25, 0.3) is 0 Å². The van der Waals surface area contributed by atoms with Crippen LogP contribution in [0.5, 0.6) is 0 Å². The zero-order chi connectivity index (χ0) is 11.8. The zero-order valence-corrected chi connectivity index (χ0v) is 9.24. The maximum Gasteiger partial charge on any atom is 0.333 e. The molecule has 0 saturated heterocycles. The lowest BCUT2D eigenvalue weighted by molar-refractivity contribution is -0.175. The fraction of sp³-hybridized carbons (Fsp3) is 0.600. The van der Waals surface area contributed by atoms with Crippen molar-refractivity contribution >= 4 is 11.9 Å². The first kappa shape index (κ1) is 13.6. The van der Waals surface area contributed by atoms with E-state index in [0.717, 1.165) is 0 Å². The minimum absolute atomic E-state index is 0.108. The fourth-order valence-corrected chi connectivity index (χ4v) is 0.739. The van der Waals surface area contributed by atoms with Crippen molar-refractivity contribution < 1.29 is 23.8 Å². The Morgan fingerprint density at radius 2 is 1.87 bits per heavy atom. The van der Waals surface area contributed by atoms with Gasteiger partial charge in [0.1, 0.15) is 6.61 Å². The average molecular weight is 216 g/mol. The van der Waals surface area contributed by atoms with Crippen molar-refractivity contribution in [3.63, 3.8) is 0 Å². The van der Waals surface area contributed by atoms with Crippen LogP contribution in [0.1, 0.15) is 20.8 Å². The summed E-state index contributed by atoms with van der Waals surface area (Å²) < 4.78 is 14.5. The molecule has 0 aliphatic carbocycles. The molecule has 0 bridgehead atoms. The number of carbonyl (C=O) groups excluding carboxylic acids is 2. The van der Waals surface area contributed by atoms with E-state index in [0.29, 0.717) is 5.57 Å². The summed E-state index contributed by atoms with van der Waals surface area (Å²) in [5, 5.41) is 0. The summed E-state index contributed by atoms with van der Waals surface area (Å²) in [4.78, 5) is 21.4. The molecule has 0 amide bonds. The van der Waals surface area contributed by atoms with Crippen molar-refractivity contribution in [1.82, 2.24) is 0 Å². The second kappa shape index (κ2) is 7.00. The molecule has 0 heterocycles. The number of hydrogen-bond donors (Lipinski definition) is 0. The molecule has 5 nitrogen and oxygen atoms in total. The van der Waals surface area contributed by atoms with Crippen molar-refractivity contribution in [2.75, 3.05) is 13.2 Å². The predicted octanol–water partition coefficient (Wildman–Crippen LogP) is 1.03. The Morgan fingerprint density at radius 1 is 1.27 bits per heavy atom. The number of carbonyl (C=O) groups is 2. The molecule has 0 N–H and O–H groups in total.